The second-order valence-electron chi connectivity index (χ2n) is 9.57. The maximum atomic E-state index is 10.5. The van der Waals surface area contributed by atoms with Gasteiger partial charge in [-0.2, -0.15) is 0 Å². The summed E-state index contributed by atoms with van der Waals surface area (Å²) in [4.78, 5) is 2.61. The first kappa shape index (κ1) is 22.1. The highest BCUT2D eigenvalue weighted by molar-refractivity contribution is 5.18. The van der Waals surface area contributed by atoms with Gasteiger partial charge < -0.3 is 15.1 Å². The van der Waals surface area contributed by atoms with Crippen LogP contribution in [0.5, 0.6) is 0 Å². The van der Waals surface area contributed by atoms with Crippen LogP contribution in [0.25, 0.3) is 0 Å². The Morgan fingerprint density at radius 2 is 1.93 bits per heavy atom. The zero-order chi connectivity index (χ0) is 19.8. The number of unbranched alkanes of at least 4 members (excludes halogenated alkanes) is 4. The Labute approximate surface area is 172 Å². The second kappa shape index (κ2) is 11.5. The average Bonchev–Trinajstić information content (AvgIpc) is 3.37. The molecule has 2 N–H and O–H groups in total. The van der Waals surface area contributed by atoms with E-state index < -0.39 is 0 Å². The van der Waals surface area contributed by atoms with Crippen LogP contribution >= 0.6 is 0 Å². The number of nitrogens with zero attached hydrogens (tertiary/aromatic N) is 1. The molecule has 3 rings (SSSR count). The molecule has 28 heavy (non-hydrogen) atoms. The first-order chi connectivity index (χ1) is 13.7. The van der Waals surface area contributed by atoms with Crippen molar-refractivity contribution in [2.75, 3.05) is 19.6 Å². The Morgan fingerprint density at radius 1 is 1.11 bits per heavy atom. The van der Waals surface area contributed by atoms with Gasteiger partial charge in [-0.05, 0) is 89.3 Å². The minimum atomic E-state index is -0.343. The topological polar surface area (TPSA) is 43.7 Å². The molecule has 3 fully saturated rings. The molecule has 160 valence electrons. The highest BCUT2D eigenvalue weighted by Gasteiger charge is 2.44. The molecular formula is C25H43NO2. The van der Waals surface area contributed by atoms with Crippen molar-refractivity contribution in [1.82, 2.24) is 4.90 Å². The molecule has 2 saturated carbocycles. The third-order valence-electron chi connectivity index (χ3n) is 7.33. The van der Waals surface area contributed by atoms with Crippen LogP contribution in [-0.2, 0) is 0 Å². The van der Waals surface area contributed by atoms with Gasteiger partial charge in [0.2, 0.25) is 0 Å². The quantitative estimate of drug-likeness (QED) is 0.382. The smallest absolute Gasteiger partial charge is 0.0721 e. The Morgan fingerprint density at radius 3 is 2.71 bits per heavy atom. The highest BCUT2D eigenvalue weighted by atomic mass is 16.3. The van der Waals surface area contributed by atoms with E-state index in [1.54, 1.807) is 5.57 Å². The Bertz CT molecular complexity index is 509. The van der Waals surface area contributed by atoms with Crippen LogP contribution in [0.2, 0.25) is 0 Å². The van der Waals surface area contributed by atoms with Crippen molar-refractivity contribution in [3.63, 3.8) is 0 Å². The first-order valence-corrected chi connectivity index (χ1v) is 12.1. The standard InChI is InChI=1S/C25H43NO2/c1-2-3-5-11-22(27)12-13-23-24-18-20(17-21(24)19-25(23)28)10-6-4-7-14-26-15-8-9-16-26/h10,12-13,21-25,27-28H,2-9,11,14-19H2,1H3/t21-,22-,23+,24-,25+/m0/s1. The third-order valence-corrected chi connectivity index (χ3v) is 7.33. The summed E-state index contributed by atoms with van der Waals surface area (Å²) in [5.74, 6) is 1.48. The molecule has 0 aromatic carbocycles. The number of hydrogen-bond acceptors (Lipinski definition) is 3. The van der Waals surface area contributed by atoms with Gasteiger partial charge in [-0.3, -0.25) is 0 Å². The van der Waals surface area contributed by atoms with Gasteiger partial charge in [0.05, 0.1) is 12.2 Å². The lowest BCUT2D eigenvalue weighted by Crippen LogP contribution is -2.20. The highest BCUT2D eigenvalue weighted by Crippen LogP contribution is 2.50. The summed E-state index contributed by atoms with van der Waals surface area (Å²) in [5.41, 5.74) is 1.63. The Kier molecular flexibility index (Phi) is 9.07. The molecule has 3 aliphatic rings. The van der Waals surface area contributed by atoms with E-state index in [9.17, 15) is 10.2 Å². The molecule has 1 saturated heterocycles. The maximum absolute atomic E-state index is 10.5. The zero-order valence-corrected chi connectivity index (χ0v) is 18.1. The van der Waals surface area contributed by atoms with Gasteiger partial charge >= 0.3 is 0 Å². The van der Waals surface area contributed by atoms with Gasteiger partial charge in [0.1, 0.15) is 0 Å². The van der Waals surface area contributed by atoms with Crippen molar-refractivity contribution in [2.24, 2.45) is 17.8 Å². The molecule has 3 nitrogen and oxygen atoms in total. The van der Waals surface area contributed by atoms with E-state index in [2.05, 4.69) is 24.0 Å². The van der Waals surface area contributed by atoms with Crippen molar-refractivity contribution >= 4 is 0 Å². The molecule has 0 spiro atoms. The van der Waals surface area contributed by atoms with Crippen molar-refractivity contribution in [3.05, 3.63) is 23.8 Å². The predicted octanol–water partition coefficient (Wildman–Crippen LogP) is 5.08. The molecule has 5 atom stereocenters. The van der Waals surface area contributed by atoms with Crippen LogP contribution < -0.4 is 0 Å². The van der Waals surface area contributed by atoms with Gasteiger partial charge in [-0.1, -0.05) is 50.0 Å². The van der Waals surface area contributed by atoms with Crippen molar-refractivity contribution in [2.45, 2.75) is 96.2 Å². The van der Waals surface area contributed by atoms with Crippen LogP contribution in [0.4, 0.5) is 0 Å². The summed E-state index contributed by atoms with van der Waals surface area (Å²) in [5, 5.41) is 20.7. The van der Waals surface area contributed by atoms with Gasteiger partial charge in [0.15, 0.2) is 0 Å². The Hall–Kier alpha value is -0.640. The third kappa shape index (κ3) is 6.43. The molecule has 0 bridgehead atoms. The van der Waals surface area contributed by atoms with Gasteiger partial charge in [0.25, 0.3) is 0 Å². The number of allylic oxidation sites excluding steroid dienone is 2. The molecular weight excluding hydrogens is 346 g/mol. The van der Waals surface area contributed by atoms with E-state index >= 15 is 0 Å². The lowest BCUT2D eigenvalue weighted by atomic mass is 9.90. The average molecular weight is 390 g/mol. The monoisotopic (exact) mass is 389 g/mol. The van der Waals surface area contributed by atoms with Crippen LogP contribution in [0.15, 0.2) is 23.8 Å². The van der Waals surface area contributed by atoms with E-state index in [-0.39, 0.29) is 18.1 Å². The molecule has 3 heteroatoms. The number of aliphatic hydroxyl groups is 2. The molecule has 0 radical (unpaired) electrons. The SMILES string of the molecule is CCCCC[C@H](O)C=C[C@@H]1[C@H]2CC(=CCCCCN3CCCC3)C[C@H]2C[C@H]1O. The van der Waals surface area contributed by atoms with Crippen molar-refractivity contribution < 1.29 is 10.2 Å². The summed E-state index contributed by atoms with van der Waals surface area (Å²) in [6.07, 6.45) is 20.3. The lowest BCUT2D eigenvalue weighted by molar-refractivity contribution is 0.139. The number of hydrogen-bond donors (Lipinski definition) is 2. The van der Waals surface area contributed by atoms with Crippen molar-refractivity contribution in [3.8, 4) is 0 Å². The number of rotatable bonds is 11. The van der Waals surface area contributed by atoms with E-state index in [0.29, 0.717) is 11.8 Å². The van der Waals surface area contributed by atoms with Crippen molar-refractivity contribution in [1.29, 1.82) is 0 Å². The summed E-state index contributed by atoms with van der Waals surface area (Å²) in [7, 11) is 0. The summed E-state index contributed by atoms with van der Waals surface area (Å²) in [6.45, 7) is 6.11. The normalized spacial score (nSPS) is 33.3. The van der Waals surface area contributed by atoms with Crippen LogP contribution in [0.1, 0.15) is 84.0 Å². The summed E-state index contributed by atoms with van der Waals surface area (Å²) < 4.78 is 0. The number of likely N-dealkylation sites (tertiary alicyclic amines) is 1. The molecule has 0 aromatic rings. The minimum Gasteiger partial charge on any atom is -0.392 e. The van der Waals surface area contributed by atoms with Crippen LogP contribution in [0.3, 0.4) is 0 Å². The Balaban J connectivity index is 1.39. The summed E-state index contributed by atoms with van der Waals surface area (Å²) >= 11 is 0. The van der Waals surface area contributed by atoms with E-state index in [0.717, 1.165) is 25.7 Å². The number of fused-ring (bicyclic) bond motifs is 1. The van der Waals surface area contributed by atoms with Gasteiger partial charge in [-0.25, -0.2) is 0 Å². The van der Waals surface area contributed by atoms with Crippen LogP contribution in [0, 0.1) is 17.8 Å². The molecule has 0 amide bonds. The fraction of sp³-hybridized carbons (Fsp3) is 0.840. The first-order valence-electron chi connectivity index (χ1n) is 12.1. The number of aliphatic hydroxyl groups excluding tert-OH is 2. The molecule has 0 aromatic heterocycles. The predicted molar refractivity (Wildman–Crippen MR) is 117 cm³/mol. The molecule has 0 unspecified atom stereocenters. The molecule has 2 aliphatic carbocycles. The lowest BCUT2D eigenvalue weighted by Gasteiger charge is -2.18. The molecule has 1 heterocycles. The van der Waals surface area contributed by atoms with Crippen LogP contribution in [-0.4, -0.2) is 47.0 Å². The van der Waals surface area contributed by atoms with Gasteiger partial charge in [-0.15, -0.1) is 0 Å². The van der Waals surface area contributed by atoms with Gasteiger partial charge in [0, 0.05) is 5.92 Å². The summed E-state index contributed by atoms with van der Waals surface area (Å²) in [6, 6.07) is 0. The maximum Gasteiger partial charge on any atom is 0.0721 e. The minimum absolute atomic E-state index is 0.212. The zero-order valence-electron chi connectivity index (χ0n) is 18.1. The van der Waals surface area contributed by atoms with E-state index in [4.69, 9.17) is 0 Å². The largest absolute Gasteiger partial charge is 0.392 e. The fourth-order valence-corrected chi connectivity index (χ4v) is 5.69. The van der Waals surface area contributed by atoms with E-state index in [1.807, 2.05) is 6.08 Å². The van der Waals surface area contributed by atoms with E-state index in [1.165, 1.54) is 71.0 Å². The fourth-order valence-electron chi connectivity index (χ4n) is 5.69. The second-order valence-corrected chi connectivity index (χ2v) is 9.57. The molecule has 1 aliphatic heterocycles.